The molecule has 1 aromatic heterocycles. The van der Waals surface area contributed by atoms with Gasteiger partial charge in [-0.15, -0.1) is 6.58 Å². The zero-order chi connectivity index (χ0) is 26.0. The number of carbonyl (C=O) groups excluding carboxylic acids is 1. The third-order valence-electron chi connectivity index (χ3n) is 5.86. The van der Waals surface area contributed by atoms with Gasteiger partial charge in [-0.3, -0.25) is 9.69 Å². The summed E-state index contributed by atoms with van der Waals surface area (Å²) < 4.78 is 60.2. The molecular formula is C26H22BrF4N3O2. The number of pyridine rings is 1. The normalized spacial score (nSPS) is 13.6. The summed E-state index contributed by atoms with van der Waals surface area (Å²) in [6.07, 6.45) is -0.910. The van der Waals surface area contributed by atoms with E-state index in [9.17, 15) is 22.4 Å². The molecule has 1 aliphatic heterocycles. The maximum absolute atomic E-state index is 14.2. The number of alkyl halides is 3. The van der Waals surface area contributed by atoms with Crippen molar-refractivity contribution in [3.05, 3.63) is 88.3 Å². The standard InChI is InChI=1S/C26H22BrF4N3O2/c1-3-4-5-6-16-13-18(28)8-10-20(16)33-15-34(22-11-12-23(36-2)32-24(22)27)25(35)19-14-17(26(29,30)31)7-9-21(19)33/h3,7-14H,1,4-6,15H2,2H3. The van der Waals surface area contributed by atoms with E-state index in [1.54, 1.807) is 29.2 Å². The minimum absolute atomic E-state index is 0.0239. The molecule has 0 unspecified atom stereocenters. The van der Waals surface area contributed by atoms with Crippen LogP contribution in [0.5, 0.6) is 5.88 Å². The number of methoxy groups -OCH3 is 1. The zero-order valence-corrected chi connectivity index (χ0v) is 20.9. The van der Waals surface area contributed by atoms with Crippen LogP contribution in [0, 0.1) is 5.82 Å². The van der Waals surface area contributed by atoms with Crippen molar-refractivity contribution in [1.82, 2.24) is 4.98 Å². The number of allylic oxidation sites excluding steroid dienone is 1. The third-order valence-corrected chi connectivity index (χ3v) is 6.45. The van der Waals surface area contributed by atoms with E-state index in [0.717, 1.165) is 18.6 Å². The van der Waals surface area contributed by atoms with E-state index in [2.05, 4.69) is 27.5 Å². The van der Waals surface area contributed by atoms with Crippen LogP contribution < -0.4 is 14.5 Å². The molecule has 0 spiro atoms. The van der Waals surface area contributed by atoms with E-state index in [1.807, 2.05) is 0 Å². The Kier molecular flexibility index (Phi) is 7.35. The summed E-state index contributed by atoms with van der Waals surface area (Å²) in [5.41, 5.74) is 0.858. The quantitative estimate of drug-likeness (QED) is 0.131. The number of nitrogens with zero attached hydrogens (tertiary/aromatic N) is 3. The Morgan fingerprint density at radius 1 is 1.08 bits per heavy atom. The highest BCUT2D eigenvalue weighted by Gasteiger charge is 2.37. The van der Waals surface area contributed by atoms with Crippen molar-refractivity contribution in [3.63, 3.8) is 0 Å². The molecule has 0 fully saturated rings. The van der Waals surface area contributed by atoms with Crippen LogP contribution in [0.2, 0.25) is 0 Å². The maximum Gasteiger partial charge on any atom is 0.416 e. The fraction of sp³-hybridized carbons (Fsp3) is 0.231. The Labute approximate surface area is 214 Å². The molecule has 3 aromatic rings. The number of hydrogen-bond donors (Lipinski definition) is 0. The molecule has 2 aromatic carbocycles. The van der Waals surface area contributed by atoms with Crippen molar-refractivity contribution in [1.29, 1.82) is 0 Å². The molecule has 4 rings (SSSR count). The monoisotopic (exact) mass is 563 g/mol. The molecule has 0 saturated heterocycles. The van der Waals surface area contributed by atoms with Crippen molar-refractivity contribution in [2.45, 2.75) is 25.4 Å². The molecule has 0 bridgehead atoms. The second kappa shape index (κ2) is 10.3. The van der Waals surface area contributed by atoms with Gasteiger partial charge in [-0.2, -0.15) is 13.2 Å². The van der Waals surface area contributed by atoms with E-state index in [-0.39, 0.29) is 16.8 Å². The second-order valence-electron chi connectivity index (χ2n) is 8.15. The van der Waals surface area contributed by atoms with Crippen LogP contribution in [-0.2, 0) is 12.6 Å². The van der Waals surface area contributed by atoms with Crippen molar-refractivity contribution in [2.24, 2.45) is 0 Å². The minimum Gasteiger partial charge on any atom is -0.481 e. The van der Waals surface area contributed by atoms with E-state index in [0.29, 0.717) is 41.3 Å². The van der Waals surface area contributed by atoms with Gasteiger partial charge in [-0.05, 0) is 83.2 Å². The zero-order valence-electron chi connectivity index (χ0n) is 19.3. The van der Waals surface area contributed by atoms with Gasteiger partial charge in [0, 0.05) is 11.8 Å². The van der Waals surface area contributed by atoms with Crippen LogP contribution in [0.3, 0.4) is 0 Å². The number of fused-ring (bicyclic) bond motifs is 1. The van der Waals surface area contributed by atoms with Crippen LogP contribution in [0.4, 0.5) is 34.6 Å². The number of aromatic nitrogens is 1. The fourth-order valence-electron chi connectivity index (χ4n) is 4.12. The number of aryl methyl sites for hydroxylation is 1. The first kappa shape index (κ1) is 25.7. The van der Waals surface area contributed by atoms with Gasteiger partial charge in [0.1, 0.15) is 17.1 Å². The van der Waals surface area contributed by atoms with Gasteiger partial charge < -0.3 is 9.64 Å². The second-order valence-corrected chi connectivity index (χ2v) is 8.90. The van der Waals surface area contributed by atoms with Crippen molar-refractivity contribution in [2.75, 3.05) is 23.6 Å². The lowest BCUT2D eigenvalue weighted by Crippen LogP contribution is -2.45. The number of rotatable bonds is 7. The predicted octanol–water partition coefficient (Wildman–Crippen LogP) is 7.28. The van der Waals surface area contributed by atoms with E-state index < -0.39 is 23.5 Å². The summed E-state index contributed by atoms with van der Waals surface area (Å²) in [7, 11) is 1.44. The molecule has 5 nitrogen and oxygen atoms in total. The molecular weight excluding hydrogens is 542 g/mol. The van der Waals surface area contributed by atoms with E-state index in [4.69, 9.17) is 4.74 Å². The van der Waals surface area contributed by atoms with Gasteiger partial charge in [0.25, 0.3) is 5.91 Å². The molecule has 1 amide bonds. The highest BCUT2D eigenvalue weighted by atomic mass is 79.9. The van der Waals surface area contributed by atoms with Crippen LogP contribution in [0.1, 0.15) is 34.3 Å². The Bertz CT molecular complexity index is 1310. The predicted molar refractivity (Wildman–Crippen MR) is 133 cm³/mol. The summed E-state index contributed by atoms with van der Waals surface area (Å²) >= 11 is 3.34. The molecule has 0 radical (unpaired) electrons. The Hall–Kier alpha value is -3.40. The van der Waals surface area contributed by atoms with Crippen LogP contribution in [-0.4, -0.2) is 24.7 Å². The number of carbonyl (C=O) groups is 1. The third kappa shape index (κ3) is 5.09. The smallest absolute Gasteiger partial charge is 0.416 e. The number of ether oxygens (including phenoxy) is 1. The lowest BCUT2D eigenvalue weighted by molar-refractivity contribution is -0.137. The van der Waals surface area contributed by atoms with E-state index >= 15 is 0 Å². The molecule has 0 saturated carbocycles. The lowest BCUT2D eigenvalue weighted by Gasteiger charge is -2.39. The molecule has 1 aliphatic rings. The van der Waals surface area contributed by atoms with Crippen LogP contribution in [0.15, 0.2) is 65.8 Å². The van der Waals surface area contributed by atoms with Crippen LogP contribution >= 0.6 is 15.9 Å². The van der Waals surface area contributed by atoms with Crippen molar-refractivity contribution >= 4 is 38.9 Å². The van der Waals surface area contributed by atoms with Gasteiger partial charge in [0.05, 0.1) is 29.6 Å². The van der Waals surface area contributed by atoms with Gasteiger partial charge in [-0.1, -0.05) is 6.08 Å². The molecule has 188 valence electrons. The van der Waals surface area contributed by atoms with Crippen molar-refractivity contribution in [3.8, 4) is 5.88 Å². The number of halogens is 5. The number of benzene rings is 2. The largest absolute Gasteiger partial charge is 0.481 e. The average Bonchev–Trinajstić information content (AvgIpc) is 2.84. The molecule has 0 aliphatic carbocycles. The first-order chi connectivity index (χ1) is 17.1. The summed E-state index contributed by atoms with van der Waals surface area (Å²) in [6, 6.07) is 10.5. The lowest BCUT2D eigenvalue weighted by atomic mass is 10.00. The maximum atomic E-state index is 14.2. The summed E-state index contributed by atoms with van der Waals surface area (Å²) in [5.74, 6) is -0.739. The highest BCUT2D eigenvalue weighted by Crippen LogP contribution is 2.41. The Morgan fingerprint density at radius 3 is 2.47 bits per heavy atom. The number of amides is 1. The summed E-state index contributed by atoms with van der Waals surface area (Å²) in [4.78, 5) is 20.8. The van der Waals surface area contributed by atoms with Crippen molar-refractivity contribution < 1.29 is 27.1 Å². The molecule has 0 atom stereocenters. The SMILES string of the molecule is C=CCCCc1cc(F)ccc1N1CN(c2ccc(OC)nc2Br)C(=O)c2cc(C(F)(F)F)ccc21. The average molecular weight is 564 g/mol. The summed E-state index contributed by atoms with van der Waals surface area (Å²) in [5, 5.41) is 0. The van der Waals surface area contributed by atoms with Gasteiger partial charge >= 0.3 is 6.18 Å². The minimum atomic E-state index is -4.63. The first-order valence-electron chi connectivity index (χ1n) is 11.0. The molecule has 10 heteroatoms. The molecule has 0 N–H and O–H groups in total. The highest BCUT2D eigenvalue weighted by molar-refractivity contribution is 9.10. The van der Waals surface area contributed by atoms with Gasteiger partial charge in [0.15, 0.2) is 0 Å². The first-order valence-corrected chi connectivity index (χ1v) is 11.8. The van der Waals surface area contributed by atoms with E-state index in [1.165, 1.54) is 30.2 Å². The van der Waals surface area contributed by atoms with Crippen LogP contribution in [0.25, 0.3) is 0 Å². The Balaban J connectivity index is 1.88. The van der Waals surface area contributed by atoms with Gasteiger partial charge in [0.2, 0.25) is 5.88 Å². The molecule has 2 heterocycles. The number of unbranched alkanes of at least 4 members (excludes halogenated alkanes) is 1. The number of anilines is 3. The fourth-order valence-corrected chi connectivity index (χ4v) is 4.64. The Morgan fingerprint density at radius 2 is 1.81 bits per heavy atom. The summed E-state index contributed by atoms with van der Waals surface area (Å²) in [6.45, 7) is 3.69. The molecule has 36 heavy (non-hydrogen) atoms. The van der Waals surface area contributed by atoms with Gasteiger partial charge in [-0.25, -0.2) is 9.37 Å². The number of hydrogen-bond acceptors (Lipinski definition) is 4. The topological polar surface area (TPSA) is 45.7 Å².